The molecule has 1 heterocycles. The van der Waals surface area contributed by atoms with Gasteiger partial charge in [-0.3, -0.25) is 4.98 Å². The largest absolute Gasteiger partial charge is 0.618 e. The number of para-hydroxylation sites is 1. The first-order chi connectivity index (χ1) is 7.36. The lowest BCUT2D eigenvalue weighted by molar-refractivity contribution is -0.354. The van der Waals surface area contributed by atoms with Crippen molar-refractivity contribution in [1.82, 2.24) is 4.98 Å². The highest BCUT2D eigenvalue weighted by atomic mass is 16.5. The Hall–Kier alpha value is -2.16. The van der Waals surface area contributed by atoms with E-state index >= 15 is 0 Å². The van der Waals surface area contributed by atoms with Gasteiger partial charge in [-0.05, 0) is 12.1 Å². The summed E-state index contributed by atoms with van der Waals surface area (Å²) >= 11 is 0. The maximum Gasteiger partial charge on any atom is 0.216 e. The standard InChI is InChI=1S/C12H10N2O/c15-14(12-6-2-1-3-7-12)10-11-5-4-8-13-9-11/h1-10H. The molecule has 0 bridgehead atoms. The van der Waals surface area contributed by atoms with Crippen LogP contribution in [0.15, 0.2) is 54.9 Å². The van der Waals surface area contributed by atoms with E-state index in [0.29, 0.717) is 5.69 Å². The van der Waals surface area contributed by atoms with Crippen LogP contribution in [0, 0.1) is 5.21 Å². The molecular weight excluding hydrogens is 188 g/mol. The molecule has 0 aliphatic carbocycles. The van der Waals surface area contributed by atoms with Crippen molar-refractivity contribution < 1.29 is 4.74 Å². The Balaban J connectivity index is 2.29. The van der Waals surface area contributed by atoms with Crippen molar-refractivity contribution in [3.05, 3.63) is 65.6 Å². The second-order valence-corrected chi connectivity index (χ2v) is 3.08. The SMILES string of the molecule is [O-][N+](=Cc1cccnc1)c1ccccc1. The minimum absolute atomic E-state index is 0.612. The second kappa shape index (κ2) is 4.37. The number of rotatable bonds is 2. The molecule has 0 spiro atoms. The molecule has 1 aromatic carbocycles. The van der Waals surface area contributed by atoms with Crippen molar-refractivity contribution in [3.63, 3.8) is 0 Å². The lowest BCUT2D eigenvalue weighted by Gasteiger charge is -2.01. The van der Waals surface area contributed by atoms with Gasteiger partial charge >= 0.3 is 0 Å². The molecule has 0 aliphatic rings. The number of pyridine rings is 1. The third-order valence-corrected chi connectivity index (χ3v) is 1.96. The quantitative estimate of drug-likeness (QED) is 0.321. The van der Waals surface area contributed by atoms with E-state index < -0.39 is 0 Å². The zero-order chi connectivity index (χ0) is 10.5. The summed E-state index contributed by atoms with van der Waals surface area (Å²) in [7, 11) is 0. The summed E-state index contributed by atoms with van der Waals surface area (Å²) < 4.78 is 0.830. The summed E-state index contributed by atoms with van der Waals surface area (Å²) in [5.41, 5.74) is 1.40. The van der Waals surface area contributed by atoms with E-state index in [4.69, 9.17) is 0 Å². The normalized spacial score (nSPS) is 11.3. The zero-order valence-corrected chi connectivity index (χ0v) is 8.08. The fourth-order valence-corrected chi connectivity index (χ4v) is 1.24. The molecule has 3 heteroatoms. The first-order valence-electron chi connectivity index (χ1n) is 4.62. The molecular formula is C12H10N2O. The highest BCUT2D eigenvalue weighted by molar-refractivity contribution is 5.75. The summed E-state index contributed by atoms with van der Waals surface area (Å²) in [5, 5.41) is 11.6. The minimum Gasteiger partial charge on any atom is -0.618 e. The Bertz CT molecular complexity index is 452. The van der Waals surface area contributed by atoms with Gasteiger partial charge in [-0.15, -0.1) is 0 Å². The van der Waals surface area contributed by atoms with Gasteiger partial charge in [0.25, 0.3) is 0 Å². The number of nitrogens with zero attached hydrogens (tertiary/aromatic N) is 2. The van der Waals surface area contributed by atoms with Crippen molar-refractivity contribution in [3.8, 4) is 0 Å². The van der Waals surface area contributed by atoms with E-state index in [-0.39, 0.29) is 0 Å². The molecule has 3 nitrogen and oxygen atoms in total. The van der Waals surface area contributed by atoms with Crippen LogP contribution in [-0.4, -0.2) is 15.9 Å². The van der Waals surface area contributed by atoms with Gasteiger partial charge in [0.15, 0.2) is 6.21 Å². The number of hydrogen-bond donors (Lipinski definition) is 0. The maximum absolute atomic E-state index is 11.6. The van der Waals surface area contributed by atoms with Crippen LogP contribution in [0.2, 0.25) is 0 Å². The smallest absolute Gasteiger partial charge is 0.216 e. The van der Waals surface area contributed by atoms with Gasteiger partial charge in [-0.1, -0.05) is 18.2 Å². The van der Waals surface area contributed by atoms with Crippen molar-refractivity contribution in [2.45, 2.75) is 0 Å². The van der Waals surface area contributed by atoms with Crippen molar-refractivity contribution in [2.24, 2.45) is 0 Å². The maximum atomic E-state index is 11.6. The molecule has 2 aromatic rings. The molecule has 0 fully saturated rings. The minimum atomic E-state index is 0.612. The van der Waals surface area contributed by atoms with Crippen LogP contribution in [0.5, 0.6) is 0 Å². The van der Waals surface area contributed by atoms with Gasteiger partial charge in [0.05, 0.1) is 5.56 Å². The van der Waals surface area contributed by atoms with Crippen LogP contribution < -0.4 is 0 Å². The fraction of sp³-hybridized carbons (Fsp3) is 0. The number of hydrogen-bond acceptors (Lipinski definition) is 2. The first kappa shape index (κ1) is 9.40. The molecule has 74 valence electrons. The fourth-order valence-electron chi connectivity index (χ4n) is 1.24. The highest BCUT2D eigenvalue weighted by Gasteiger charge is 1.99. The lowest BCUT2D eigenvalue weighted by Crippen LogP contribution is -1.98. The predicted molar refractivity (Wildman–Crippen MR) is 59.1 cm³/mol. The van der Waals surface area contributed by atoms with Crippen LogP contribution >= 0.6 is 0 Å². The van der Waals surface area contributed by atoms with E-state index in [0.717, 1.165) is 10.3 Å². The molecule has 0 amide bonds. The zero-order valence-electron chi connectivity index (χ0n) is 8.08. The molecule has 0 aliphatic heterocycles. The first-order valence-corrected chi connectivity index (χ1v) is 4.62. The summed E-state index contributed by atoms with van der Waals surface area (Å²) in [6, 6.07) is 12.7. The van der Waals surface area contributed by atoms with Crippen LogP contribution in [0.4, 0.5) is 5.69 Å². The molecule has 0 unspecified atom stereocenters. The predicted octanol–water partition coefficient (Wildman–Crippen LogP) is 2.34. The average Bonchev–Trinajstić information content (AvgIpc) is 2.31. The lowest BCUT2D eigenvalue weighted by atomic mass is 10.3. The Kier molecular flexibility index (Phi) is 2.74. The third-order valence-electron chi connectivity index (χ3n) is 1.96. The Morgan fingerprint density at radius 3 is 2.53 bits per heavy atom. The van der Waals surface area contributed by atoms with Crippen molar-refractivity contribution >= 4 is 11.9 Å². The topological polar surface area (TPSA) is 39.0 Å². The van der Waals surface area contributed by atoms with Gasteiger partial charge in [-0.2, -0.15) is 4.74 Å². The van der Waals surface area contributed by atoms with Crippen molar-refractivity contribution in [1.29, 1.82) is 0 Å². The van der Waals surface area contributed by atoms with Crippen LogP contribution in [0.25, 0.3) is 0 Å². The molecule has 2 rings (SSSR count). The number of aromatic nitrogens is 1. The second-order valence-electron chi connectivity index (χ2n) is 3.08. The van der Waals surface area contributed by atoms with E-state index in [9.17, 15) is 5.21 Å². The van der Waals surface area contributed by atoms with E-state index in [2.05, 4.69) is 4.98 Å². The average molecular weight is 198 g/mol. The molecule has 15 heavy (non-hydrogen) atoms. The summed E-state index contributed by atoms with van der Waals surface area (Å²) in [5.74, 6) is 0. The summed E-state index contributed by atoms with van der Waals surface area (Å²) in [6.45, 7) is 0. The Morgan fingerprint density at radius 2 is 1.87 bits per heavy atom. The van der Waals surface area contributed by atoms with Crippen LogP contribution in [0.1, 0.15) is 5.56 Å². The van der Waals surface area contributed by atoms with Crippen molar-refractivity contribution in [2.75, 3.05) is 0 Å². The van der Waals surface area contributed by atoms with E-state index in [1.54, 1.807) is 30.6 Å². The molecule has 0 saturated heterocycles. The van der Waals surface area contributed by atoms with Gasteiger partial charge in [0, 0.05) is 24.5 Å². The summed E-state index contributed by atoms with van der Waals surface area (Å²) in [6.07, 6.45) is 4.82. The molecule has 0 radical (unpaired) electrons. The molecule has 1 aromatic heterocycles. The molecule has 0 N–H and O–H groups in total. The van der Waals surface area contributed by atoms with Gasteiger partial charge in [0.2, 0.25) is 5.69 Å². The Labute approximate surface area is 87.9 Å². The Morgan fingerprint density at radius 1 is 1.07 bits per heavy atom. The highest BCUT2D eigenvalue weighted by Crippen LogP contribution is 2.08. The number of benzene rings is 1. The van der Waals surface area contributed by atoms with E-state index in [1.807, 2.05) is 24.3 Å². The van der Waals surface area contributed by atoms with Crippen LogP contribution in [-0.2, 0) is 0 Å². The van der Waals surface area contributed by atoms with Gasteiger partial charge in [0.1, 0.15) is 0 Å². The van der Waals surface area contributed by atoms with Gasteiger partial charge < -0.3 is 5.21 Å². The third kappa shape index (κ3) is 2.40. The molecule has 0 saturated carbocycles. The molecule has 0 atom stereocenters. The summed E-state index contributed by atoms with van der Waals surface area (Å²) in [4.78, 5) is 3.93. The monoisotopic (exact) mass is 198 g/mol. The van der Waals surface area contributed by atoms with Gasteiger partial charge in [-0.25, -0.2) is 0 Å². The van der Waals surface area contributed by atoms with Crippen LogP contribution in [0.3, 0.4) is 0 Å². The van der Waals surface area contributed by atoms with E-state index in [1.165, 1.54) is 6.21 Å².